The largest absolute Gasteiger partial charge is 0.760 e. The first kappa shape index (κ1) is 27.0. The molecule has 1 amide bonds. The summed E-state index contributed by atoms with van der Waals surface area (Å²) >= 11 is -1.21. The molecule has 3 aromatic rings. The molecule has 6 nitrogen and oxygen atoms in total. The maximum Gasteiger partial charge on any atom is 0.249 e. The van der Waals surface area contributed by atoms with Crippen molar-refractivity contribution in [2.45, 2.75) is 24.8 Å². The van der Waals surface area contributed by atoms with Crippen LogP contribution in [0.15, 0.2) is 78.9 Å². The molecule has 3 atom stereocenters. The fraction of sp³-hybridized carbons (Fsp3) is 0.269. The predicted octanol–water partition coefficient (Wildman–Crippen LogP) is 4.20. The third-order valence-corrected chi connectivity index (χ3v) is 7.54. The normalized spacial score (nSPS) is 17.2. The van der Waals surface area contributed by atoms with Crippen LogP contribution < -0.4 is 5.32 Å². The number of rotatable bonds is 7. The van der Waals surface area contributed by atoms with Gasteiger partial charge in [0.05, 0.1) is 6.04 Å². The molecule has 1 aliphatic heterocycles. The van der Waals surface area contributed by atoms with E-state index >= 15 is 0 Å². The Morgan fingerprint density at radius 1 is 1.11 bits per heavy atom. The lowest BCUT2D eigenvalue weighted by atomic mass is 10.0. The Bertz CT molecular complexity index is 1100. The van der Waals surface area contributed by atoms with E-state index in [-0.39, 0.29) is 13.0 Å². The molecule has 0 aromatic heterocycles. The van der Waals surface area contributed by atoms with Gasteiger partial charge >= 0.3 is 0 Å². The Kier molecular flexibility index (Phi) is 10.4. The van der Waals surface area contributed by atoms with E-state index in [0.29, 0.717) is 17.9 Å². The predicted molar refractivity (Wildman–Crippen MR) is 137 cm³/mol. The number of aliphatic hydroxyl groups is 1. The molecule has 0 bridgehead atoms. The first-order chi connectivity index (χ1) is 16.9. The van der Waals surface area contributed by atoms with E-state index < -0.39 is 34.4 Å². The van der Waals surface area contributed by atoms with E-state index in [0.717, 1.165) is 4.31 Å². The summed E-state index contributed by atoms with van der Waals surface area (Å²) in [4.78, 5) is 12.3. The number of amides is 1. The van der Waals surface area contributed by atoms with Crippen molar-refractivity contribution in [1.29, 1.82) is 0 Å². The number of aryl methyl sites for hydroxylation is 1. The summed E-state index contributed by atoms with van der Waals surface area (Å²) in [7, 11) is 0. The fourth-order valence-electron chi connectivity index (χ4n) is 3.58. The number of hydrogen-bond donors (Lipinski definition) is 2. The van der Waals surface area contributed by atoms with Gasteiger partial charge in [-0.1, -0.05) is 72.3 Å². The Hall–Kier alpha value is -2.56. The monoisotopic (exact) mass is 515 g/mol. The maximum absolute atomic E-state index is 13.0. The number of nitrogens with one attached hydrogen (secondary N) is 1. The average Bonchev–Trinajstić information content (AvgIpc) is 3.37. The number of carbonyl (C=O) groups excluding carboxylic acids is 1. The van der Waals surface area contributed by atoms with Gasteiger partial charge < -0.3 is 15.0 Å². The zero-order valence-corrected chi connectivity index (χ0v) is 20.9. The first-order valence-electron chi connectivity index (χ1n) is 11.2. The van der Waals surface area contributed by atoms with Gasteiger partial charge in [-0.05, 0) is 42.2 Å². The molecule has 1 fully saturated rings. The summed E-state index contributed by atoms with van der Waals surface area (Å²) in [5.41, 5.74) is 4.52. The summed E-state index contributed by atoms with van der Waals surface area (Å²) in [6.07, 6.45) is 0.259. The van der Waals surface area contributed by atoms with E-state index in [2.05, 4.69) is 60.8 Å². The van der Waals surface area contributed by atoms with Gasteiger partial charge in [0.2, 0.25) is 5.91 Å². The van der Waals surface area contributed by atoms with Crippen LogP contribution in [-0.2, 0) is 16.1 Å². The SMILES string of the molecule is Cc1ccc(-c2ccccc2)cc1.O=C(N[C@@H](CCO)c1ccc(F)cc1)[C@@H]1SCCN1S(=O)[O-]. The lowest BCUT2D eigenvalue weighted by molar-refractivity contribution is -0.123. The second-order valence-electron chi connectivity index (χ2n) is 7.94. The molecule has 1 unspecified atom stereocenters. The topological polar surface area (TPSA) is 92.7 Å². The fourth-order valence-corrected chi connectivity index (χ4v) is 5.60. The van der Waals surface area contributed by atoms with E-state index in [9.17, 15) is 17.9 Å². The Morgan fingerprint density at radius 3 is 2.34 bits per heavy atom. The van der Waals surface area contributed by atoms with E-state index in [1.807, 2.05) is 6.07 Å². The van der Waals surface area contributed by atoms with Crippen molar-refractivity contribution in [3.63, 3.8) is 0 Å². The highest BCUT2D eigenvalue weighted by molar-refractivity contribution is 8.01. The number of benzene rings is 3. The van der Waals surface area contributed by atoms with Gasteiger partial charge in [0, 0.05) is 30.2 Å². The second-order valence-corrected chi connectivity index (χ2v) is 10.0. The van der Waals surface area contributed by atoms with E-state index in [1.54, 1.807) is 0 Å². The molecule has 9 heteroatoms. The third kappa shape index (κ3) is 7.98. The quantitative estimate of drug-likeness (QED) is 0.460. The minimum absolute atomic E-state index is 0.155. The minimum atomic E-state index is -2.45. The van der Waals surface area contributed by atoms with Crippen molar-refractivity contribution < 1.29 is 23.1 Å². The molecule has 1 saturated heterocycles. The van der Waals surface area contributed by atoms with Crippen molar-refractivity contribution in [2.75, 3.05) is 18.9 Å². The summed E-state index contributed by atoms with van der Waals surface area (Å²) in [5, 5.41) is 11.0. The summed E-state index contributed by atoms with van der Waals surface area (Å²) in [6, 6.07) is 24.1. The lowest BCUT2D eigenvalue weighted by Gasteiger charge is -2.26. The molecule has 1 heterocycles. The first-order valence-corrected chi connectivity index (χ1v) is 13.2. The van der Waals surface area contributed by atoms with Crippen LogP contribution in [-0.4, -0.2) is 48.4 Å². The van der Waals surface area contributed by atoms with Gasteiger partial charge in [0.1, 0.15) is 11.2 Å². The molecule has 35 heavy (non-hydrogen) atoms. The van der Waals surface area contributed by atoms with E-state index in [1.165, 1.54) is 52.7 Å². The second kappa shape index (κ2) is 13.5. The molecule has 0 saturated carbocycles. The average molecular weight is 516 g/mol. The number of aliphatic hydroxyl groups excluding tert-OH is 1. The lowest BCUT2D eigenvalue weighted by Crippen LogP contribution is -2.44. The van der Waals surface area contributed by atoms with Crippen LogP contribution >= 0.6 is 11.8 Å². The summed E-state index contributed by atoms with van der Waals surface area (Å²) in [5.74, 6) is -0.278. The number of carbonyl (C=O) groups is 1. The molecule has 186 valence electrons. The maximum atomic E-state index is 13.0. The molecular weight excluding hydrogens is 487 g/mol. The van der Waals surface area contributed by atoms with Gasteiger partial charge in [-0.3, -0.25) is 9.00 Å². The Labute approximate surface area is 212 Å². The molecule has 2 N–H and O–H groups in total. The molecule has 3 aromatic carbocycles. The molecule has 0 aliphatic carbocycles. The number of thioether (sulfide) groups is 1. The van der Waals surface area contributed by atoms with Gasteiger partial charge in [0.15, 0.2) is 0 Å². The van der Waals surface area contributed by atoms with Crippen LogP contribution in [0.5, 0.6) is 0 Å². The van der Waals surface area contributed by atoms with Gasteiger partial charge in [0.25, 0.3) is 0 Å². The van der Waals surface area contributed by atoms with Crippen molar-refractivity contribution >= 4 is 28.9 Å². The highest BCUT2D eigenvalue weighted by Crippen LogP contribution is 2.26. The van der Waals surface area contributed by atoms with Crippen LogP contribution in [0.4, 0.5) is 4.39 Å². The Morgan fingerprint density at radius 2 is 1.74 bits per heavy atom. The van der Waals surface area contributed by atoms with Crippen molar-refractivity contribution in [1.82, 2.24) is 9.62 Å². The van der Waals surface area contributed by atoms with Gasteiger partial charge in [-0.25, -0.2) is 8.70 Å². The van der Waals surface area contributed by atoms with Crippen molar-refractivity contribution in [3.8, 4) is 11.1 Å². The van der Waals surface area contributed by atoms with Crippen LogP contribution in [0.2, 0.25) is 0 Å². The number of hydrogen-bond acceptors (Lipinski definition) is 5. The zero-order valence-electron chi connectivity index (χ0n) is 19.3. The number of halogens is 1. The number of nitrogens with zero attached hydrogens (tertiary/aromatic N) is 1. The molecular formula is C26H28FN2O4S2-. The van der Waals surface area contributed by atoms with E-state index in [4.69, 9.17) is 5.11 Å². The van der Waals surface area contributed by atoms with Gasteiger partial charge in [-0.2, -0.15) is 0 Å². The standard InChI is InChI=1S/C13H17FN2O4S2.C13H12/c14-10-3-1-9(2-4-10)11(5-7-17)15-12(18)13-16(22(19)20)6-8-21-13;1-11-7-9-13(10-8-11)12-5-3-2-4-6-12/h1-4,11,13,17H,5-8H2,(H,15,18)(H,19,20);2-10H,1H3/p-1/t11-,13-;/m0./s1. The highest BCUT2D eigenvalue weighted by Gasteiger charge is 2.33. The van der Waals surface area contributed by atoms with Crippen molar-refractivity contribution in [3.05, 3.63) is 95.8 Å². The van der Waals surface area contributed by atoms with Crippen molar-refractivity contribution in [2.24, 2.45) is 0 Å². The van der Waals surface area contributed by atoms with Gasteiger partial charge in [-0.15, -0.1) is 11.8 Å². The van der Waals surface area contributed by atoms with Crippen LogP contribution in [0.25, 0.3) is 11.1 Å². The molecule has 0 radical (unpaired) electrons. The molecule has 4 rings (SSSR count). The summed E-state index contributed by atoms with van der Waals surface area (Å²) < 4.78 is 36.2. The summed E-state index contributed by atoms with van der Waals surface area (Å²) in [6.45, 7) is 2.24. The zero-order chi connectivity index (χ0) is 25.2. The van der Waals surface area contributed by atoms with Crippen LogP contribution in [0, 0.1) is 12.7 Å². The minimum Gasteiger partial charge on any atom is -0.760 e. The highest BCUT2D eigenvalue weighted by atomic mass is 32.2. The molecule has 0 spiro atoms. The van der Waals surface area contributed by atoms with Crippen LogP contribution in [0.1, 0.15) is 23.6 Å². The smallest absolute Gasteiger partial charge is 0.249 e. The molecule has 1 aliphatic rings. The van der Waals surface area contributed by atoms with Crippen LogP contribution in [0.3, 0.4) is 0 Å². The Balaban J connectivity index is 0.000000223. The third-order valence-electron chi connectivity index (χ3n) is 5.43.